The van der Waals surface area contributed by atoms with Crippen molar-refractivity contribution in [1.29, 1.82) is 0 Å². The van der Waals surface area contributed by atoms with Crippen LogP contribution in [0.5, 0.6) is 5.75 Å². The van der Waals surface area contributed by atoms with Crippen LogP contribution in [0.15, 0.2) is 30.5 Å². The van der Waals surface area contributed by atoms with E-state index < -0.39 is 6.67 Å². The molecule has 2 aromatic rings. The lowest BCUT2D eigenvalue weighted by Crippen LogP contribution is -2.48. The van der Waals surface area contributed by atoms with Crippen LogP contribution in [0.25, 0.3) is 11.3 Å². The minimum atomic E-state index is -0.486. The van der Waals surface area contributed by atoms with Crippen LogP contribution in [-0.2, 0) is 0 Å². The number of piperidine rings is 3. The molecule has 5 nitrogen and oxygen atoms in total. The summed E-state index contributed by atoms with van der Waals surface area (Å²) in [4.78, 5) is 2.51. The highest BCUT2D eigenvalue weighted by Crippen LogP contribution is 2.35. The smallest absolute Gasteiger partial charge is 0.123 e. The van der Waals surface area contributed by atoms with Gasteiger partial charge in [0.25, 0.3) is 0 Å². The van der Waals surface area contributed by atoms with Gasteiger partial charge in [-0.1, -0.05) is 17.3 Å². The third-order valence-corrected chi connectivity index (χ3v) is 4.95. The van der Waals surface area contributed by atoms with Crippen molar-refractivity contribution >= 4 is 0 Å². The molecule has 0 saturated carbocycles. The van der Waals surface area contributed by atoms with E-state index in [1.165, 1.54) is 25.9 Å². The summed E-state index contributed by atoms with van der Waals surface area (Å²) in [6, 6.07) is 8.03. The van der Waals surface area contributed by atoms with Gasteiger partial charge in [-0.25, -0.2) is 9.07 Å². The summed E-state index contributed by atoms with van der Waals surface area (Å²) >= 11 is 0. The Morgan fingerprint density at radius 1 is 1.26 bits per heavy atom. The minimum Gasteiger partial charge on any atom is -0.491 e. The molecule has 2 bridgehead atoms. The van der Waals surface area contributed by atoms with E-state index in [4.69, 9.17) is 4.74 Å². The molecule has 0 amide bonds. The van der Waals surface area contributed by atoms with Gasteiger partial charge < -0.3 is 9.64 Å². The predicted molar refractivity (Wildman–Crippen MR) is 85.1 cm³/mol. The summed E-state index contributed by atoms with van der Waals surface area (Å²) in [6.07, 6.45) is 4.54. The standard InChI is InChI=1S/C17H21FN4O/c18-6-9-23-15-3-1-2-14(10-15)16-11-22(20-19-16)17-12-21-7-4-13(17)5-8-21/h1-3,10-11,13,17H,4-9,12H2/t17-/m0/s1. The second kappa shape index (κ2) is 6.28. The SMILES string of the molecule is FCCOc1cccc(-c2cn([C@H]3CN4CCC3CC4)nn2)c1. The third-order valence-electron chi connectivity index (χ3n) is 4.95. The van der Waals surface area contributed by atoms with Gasteiger partial charge in [-0.15, -0.1) is 5.10 Å². The number of aromatic nitrogens is 3. The molecule has 0 N–H and O–H groups in total. The third kappa shape index (κ3) is 2.95. The molecule has 1 aromatic carbocycles. The van der Waals surface area contributed by atoms with Gasteiger partial charge in [-0.05, 0) is 44.0 Å². The Kier molecular flexibility index (Phi) is 3.99. The van der Waals surface area contributed by atoms with E-state index in [0.29, 0.717) is 17.7 Å². The van der Waals surface area contributed by atoms with Crippen molar-refractivity contribution in [2.24, 2.45) is 5.92 Å². The fourth-order valence-corrected chi connectivity index (χ4v) is 3.71. The maximum absolute atomic E-state index is 12.2. The summed E-state index contributed by atoms with van der Waals surface area (Å²) in [5, 5.41) is 8.70. The number of benzene rings is 1. The summed E-state index contributed by atoms with van der Waals surface area (Å²) in [5.41, 5.74) is 1.79. The Bertz CT molecular complexity index is 666. The van der Waals surface area contributed by atoms with E-state index >= 15 is 0 Å². The molecule has 0 aliphatic carbocycles. The lowest BCUT2D eigenvalue weighted by molar-refractivity contribution is 0.0504. The van der Waals surface area contributed by atoms with Crippen LogP contribution < -0.4 is 4.74 Å². The van der Waals surface area contributed by atoms with E-state index in [1.807, 2.05) is 35.1 Å². The van der Waals surface area contributed by atoms with Gasteiger partial charge in [0.1, 0.15) is 24.7 Å². The molecule has 23 heavy (non-hydrogen) atoms. The van der Waals surface area contributed by atoms with Gasteiger partial charge in [0.2, 0.25) is 0 Å². The molecule has 0 radical (unpaired) electrons. The lowest BCUT2D eigenvalue weighted by Gasteiger charge is -2.44. The number of halogens is 1. The van der Waals surface area contributed by atoms with Crippen LogP contribution in [0, 0.1) is 5.92 Å². The summed E-state index contributed by atoms with van der Waals surface area (Å²) in [7, 11) is 0. The van der Waals surface area contributed by atoms with Crippen LogP contribution in [0.3, 0.4) is 0 Å². The zero-order chi connectivity index (χ0) is 15.6. The highest BCUT2D eigenvalue weighted by Gasteiger charge is 2.35. The van der Waals surface area contributed by atoms with E-state index in [-0.39, 0.29) is 6.61 Å². The first-order valence-corrected chi connectivity index (χ1v) is 8.27. The van der Waals surface area contributed by atoms with Gasteiger partial charge in [0.05, 0.1) is 12.2 Å². The summed E-state index contributed by atoms with van der Waals surface area (Å²) in [5.74, 6) is 1.38. The maximum atomic E-state index is 12.2. The molecule has 4 heterocycles. The molecule has 1 atom stereocenters. The Morgan fingerprint density at radius 3 is 2.87 bits per heavy atom. The lowest BCUT2D eigenvalue weighted by atomic mass is 9.84. The Balaban J connectivity index is 1.54. The quantitative estimate of drug-likeness (QED) is 0.850. The van der Waals surface area contributed by atoms with Crippen molar-refractivity contribution in [2.75, 3.05) is 32.9 Å². The van der Waals surface area contributed by atoms with E-state index in [1.54, 1.807) is 0 Å². The van der Waals surface area contributed by atoms with Crippen molar-refractivity contribution in [3.8, 4) is 17.0 Å². The highest BCUT2D eigenvalue weighted by atomic mass is 19.1. The van der Waals surface area contributed by atoms with Crippen molar-refractivity contribution in [2.45, 2.75) is 18.9 Å². The zero-order valence-electron chi connectivity index (χ0n) is 13.1. The molecule has 3 fully saturated rings. The molecule has 6 heteroatoms. The number of hydrogen-bond donors (Lipinski definition) is 0. The molecule has 1 aromatic heterocycles. The average molecular weight is 316 g/mol. The molecule has 3 saturated heterocycles. The van der Waals surface area contributed by atoms with Crippen molar-refractivity contribution < 1.29 is 9.13 Å². The maximum Gasteiger partial charge on any atom is 0.123 e. The molecule has 122 valence electrons. The molecule has 0 spiro atoms. The molecule has 0 unspecified atom stereocenters. The molecule has 5 rings (SSSR count). The van der Waals surface area contributed by atoms with Crippen LogP contribution in [0.1, 0.15) is 18.9 Å². The largest absolute Gasteiger partial charge is 0.491 e. The van der Waals surface area contributed by atoms with Gasteiger partial charge in [0.15, 0.2) is 0 Å². The second-order valence-electron chi connectivity index (χ2n) is 6.35. The van der Waals surface area contributed by atoms with Gasteiger partial charge in [-0.3, -0.25) is 0 Å². The number of fused-ring (bicyclic) bond motifs is 3. The first kappa shape index (κ1) is 14.6. The van der Waals surface area contributed by atoms with Gasteiger partial charge >= 0.3 is 0 Å². The normalized spacial score (nSPS) is 26.4. The number of hydrogen-bond acceptors (Lipinski definition) is 4. The fraction of sp³-hybridized carbons (Fsp3) is 0.529. The average Bonchev–Trinajstić information content (AvgIpc) is 3.11. The Labute approximate surface area is 135 Å². The number of rotatable bonds is 5. The fourth-order valence-electron chi connectivity index (χ4n) is 3.71. The molecular formula is C17H21FN4O. The number of nitrogens with zero attached hydrogens (tertiary/aromatic N) is 4. The highest BCUT2D eigenvalue weighted by molar-refractivity contribution is 5.59. The van der Waals surface area contributed by atoms with E-state index in [2.05, 4.69) is 15.2 Å². The zero-order valence-corrected chi connectivity index (χ0v) is 13.1. The Hall–Kier alpha value is -1.95. The van der Waals surface area contributed by atoms with Crippen molar-refractivity contribution in [1.82, 2.24) is 19.9 Å². The first-order valence-electron chi connectivity index (χ1n) is 8.27. The van der Waals surface area contributed by atoms with E-state index in [9.17, 15) is 4.39 Å². The minimum absolute atomic E-state index is 0.0791. The van der Waals surface area contributed by atoms with Gasteiger partial charge in [0, 0.05) is 12.1 Å². The van der Waals surface area contributed by atoms with Crippen LogP contribution >= 0.6 is 0 Å². The summed E-state index contributed by atoms with van der Waals surface area (Å²) in [6.45, 7) is 3.11. The Morgan fingerprint density at radius 2 is 2.13 bits per heavy atom. The van der Waals surface area contributed by atoms with Crippen LogP contribution in [0.4, 0.5) is 4.39 Å². The topological polar surface area (TPSA) is 43.2 Å². The number of alkyl halides is 1. The monoisotopic (exact) mass is 316 g/mol. The molecule has 3 aliphatic heterocycles. The van der Waals surface area contributed by atoms with E-state index in [0.717, 1.165) is 17.8 Å². The van der Waals surface area contributed by atoms with Crippen molar-refractivity contribution in [3.63, 3.8) is 0 Å². The van der Waals surface area contributed by atoms with Crippen LogP contribution in [0.2, 0.25) is 0 Å². The molecular weight excluding hydrogens is 295 g/mol. The van der Waals surface area contributed by atoms with Gasteiger partial charge in [-0.2, -0.15) is 0 Å². The number of ether oxygens (including phenoxy) is 1. The second-order valence-corrected chi connectivity index (χ2v) is 6.35. The van der Waals surface area contributed by atoms with Crippen molar-refractivity contribution in [3.05, 3.63) is 30.5 Å². The predicted octanol–water partition coefficient (Wildman–Crippen LogP) is 2.56. The summed E-state index contributed by atoms with van der Waals surface area (Å²) < 4.78 is 19.6. The molecule has 3 aliphatic rings. The van der Waals surface area contributed by atoms with Crippen LogP contribution in [-0.4, -0.2) is 52.8 Å². The first-order chi connectivity index (χ1) is 11.3.